The Balaban J connectivity index is 0.00000341. The fourth-order valence-corrected chi connectivity index (χ4v) is 4.02. The molecule has 2 heterocycles. The number of aliphatic imine (C=N–C) groups is 1. The molecule has 1 unspecified atom stereocenters. The van der Waals surface area contributed by atoms with Crippen LogP contribution < -0.4 is 15.5 Å². The van der Waals surface area contributed by atoms with Crippen LogP contribution in [0.25, 0.3) is 0 Å². The first-order valence-corrected chi connectivity index (χ1v) is 10.9. The van der Waals surface area contributed by atoms with Crippen molar-refractivity contribution in [1.29, 1.82) is 0 Å². The zero-order valence-electron chi connectivity index (χ0n) is 18.4. The number of halogens is 1. The van der Waals surface area contributed by atoms with Crippen molar-refractivity contribution in [1.82, 2.24) is 15.5 Å². The van der Waals surface area contributed by atoms with Crippen LogP contribution in [0.4, 0.5) is 5.69 Å². The quantitative estimate of drug-likeness (QED) is 0.259. The maximum atomic E-state index is 12.7. The van der Waals surface area contributed by atoms with Crippen molar-refractivity contribution < 1.29 is 14.6 Å². The van der Waals surface area contributed by atoms with Crippen molar-refractivity contribution in [3.8, 4) is 0 Å². The van der Waals surface area contributed by atoms with Gasteiger partial charge in [-0.1, -0.05) is 18.2 Å². The van der Waals surface area contributed by atoms with Crippen LogP contribution in [0.3, 0.4) is 0 Å². The third-order valence-corrected chi connectivity index (χ3v) is 5.93. The average Bonchev–Trinajstić information content (AvgIpc) is 3.25. The Kier molecular flexibility index (Phi) is 10.8. The standard InChI is InChI=1S/C22H35N5O3.HI/c1-2-23-21(25-17-22(8-14-28)9-15-30-18-22)24-16-20(29)27-12-10-26(11-13-27)19-6-4-3-5-7-19;/h3-7,28H,2,8-18H2,1H3,(H2,23,24,25);1H. The molecule has 2 fully saturated rings. The Morgan fingerprint density at radius 3 is 2.55 bits per heavy atom. The Hall–Kier alpha value is -1.59. The first kappa shape index (κ1) is 25.7. The van der Waals surface area contributed by atoms with E-state index in [9.17, 15) is 9.90 Å². The van der Waals surface area contributed by atoms with Crippen LogP contribution in [0.15, 0.2) is 35.3 Å². The fourth-order valence-electron chi connectivity index (χ4n) is 4.02. The number of anilines is 1. The monoisotopic (exact) mass is 545 g/mol. The van der Waals surface area contributed by atoms with Gasteiger partial charge in [-0.25, -0.2) is 4.99 Å². The van der Waals surface area contributed by atoms with Crippen molar-refractivity contribution >= 4 is 41.5 Å². The van der Waals surface area contributed by atoms with Crippen molar-refractivity contribution in [2.45, 2.75) is 19.8 Å². The molecule has 0 spiro atoms. The zero-order chi connectivity index (χ0) is 21.2. The number of aliphatic hydroxyl groups is 1. The molecule has 2 aliphatic rings. The lowest BCUT2D eigenvalue weighted by Gasteiger charge is -2.36. The Morgan fingerprint density at radius 1 is 1.19 bits per heavy atom. The van der Waals surface area contributed by atoms with Gasteiger partial charge in [0.2, 0.25) is 5.91 Å². The second-order valence-electron chi connectivity index (χ2n) is 8.03. The van der Waals surface area contributed by atoms with E-state index in [0.29, 0.717) is 38.6 Å². The van der Waals surface area contributed by atoms with E-state index in [1.54, 1.807) is 0 Å². The highest BCUT2D eigenvalue weighted by Crippen LogP contribution is 2.31. The highest BCUT2D eigenvalue weighted by molar-refractivity contribution is 14.0. The SMILES string of the molecule is CCNC(=NCC(=O)N1CCN(c2ccccc2)CC1)NCC1(CCO)CCOC1.I. The van der Waals surface area contributed by atoms with Gasteiger partial charge >= 0.3 is 0 Å². The van der Waals surface area contributed by atoms with Gasteiger partial charge in [-0.15, -0.1) is 24.0 Å². The number of carbonyl (C=O) groups excluding carboxylic acids is 1. The number of carbonyl (C=O) groups is 1. The minimum atomic E-state index is -0.0667. The van der Waals surface area contributed by atoms with E-state index in [2.05, 4.69) is 32.7 Å². The molecule has 1 atom stereocenters. The number of amides is 1. The van der Waals surface area contributed by atoms with Gasteiger partial charge in [-0.05, 0) is 31.9 Å². The van der Waals surface area contributed by atoms with Gasteiger partial charge in [0, 0.05) is 63.6 Å². The number of para-hydroxylation sites is 1. The molecule has 3 rings (SSSR count). The molecule has 8 nitrogen and oxygen atoms in total. The van der Waals surface area contributed by atoms with Crippen LogP contribution in [0.5, 0.6) is 0 Å². The van der Waals surface area contributed by atoms with E-state index in [0.717, 1.165) is 32.7 Å². The number of piperazine rings is 1. The van der Waals surface area contributed by atoms with Crippen LogP contribution in [0.1, 0.15) is 19.8 Å². The summed E-state index contributed by atoms with van der Waals surface area (Å²) >= 11 is 0. The lowest BCUT2D eigenvalue weighted by atomic mass is 9.84. The first-order valence-electron chi connectivity index (χ1n) is 10.9. The molecule has 1 aromatic carbocycles. The number of nitrogens with one attached hydrogen (secondary N) is 2. The van der Waals surface area contributed by atoms with Gasteiger partial charge in [0.15, 0.2) is 5.96 Å². The predicted molar refractivity (Wildman–Crippen MR) is 134 cm³/mol. The highest BCUT2D eigenvalue weighted by Gasteiger charge is 2.34. The molecule has 3 N–H and O–H groups in total. The van der Waals surface area contributed by atoms with Crippen LogP contribution in [0.2, 0.25) is 0 Å². The van der Waals surface area contributed by atoms with E-state index in [-0.39, 0.29) is 48.5 Å². The molecule has 0 aliphatic carbocycles. The van der Waals surface area contributed by atoms with Gasteiger partial charge in [0.25, 0.3) is 0 Å². The van der Waals surface area contributed by atoms with Crippen LogP contribution >= 0.6 is 24.0 Å². The Morgan fingerprint density at radius 2 is 1.94 bits per heavy atom. The van der Waals surface area contributed by atoms with Crippen molar-refractivity contribution in [2.75, 3.05) is 70.5 Å². The molecule has 9 heteroatoms. The summed E-state index contributed by atoms with van der Waals surface area (Å²) < 4.78 is 5.55. The summed E-state index contributed by atoms with van der Waals surface area (Å²) in [5.41, 5.74) is 1.14. The molecule has 1 aromatic rings. The topological polar surface area (TPSA) is 89.4 Å². The third kappa shape index (κ3) is 7.50. The summed E-state index contributed by atoms with van der Waals surface area (Å²) in [6, 6.07) is 10.3. The average molecular weight is 545 g/mol. The van der Waals surface area contributed by atoms with Gasteiger partial charge < -0.3 is 30.3 Å². The molecule has 2 aliphatic heterocycles. The molecule has 2 saturated heterocycles. The van der Waals surface area contributed by atoms with E-state index in [4.69, 9.17) is 4.74 Å². The summed E-state index contributed by atoms with van der Waals surface area (Å²) in [6.45, 7) is 8.13. The predicted octanol–water partition coefficient (Wildman–Crippen LogP) is 1.30. The number of ether oxygens (including phenoxy) is 1. The molecule has 0 saturated carbocycles. The largest absolute Gasteiger partial charge is 0.396 e. The first-order chi connectivity index (χ1) is 14.7. The number of nitrogens with zero attached hydrogens (tertiary/aromatic N) is 3. The smallest absolute Gasteiger partial charge is 0.244 e. The van der Waals surface area contributed by atoms with Crippen LogP contribution in [-0.2, 0) is 9.53 Å². The number of benzene rings is 1. The number of hydrogen-bond acceptors (Lipinski definition) is 5. The van der Waals surface area contributed by atoms with E-state index in [1.807, 2.05) is 30.0 Å². The van der Waals surface area contributed by atoms with Gasteiger partial charge in [-0.3, -0.25) is 4.79 Å². The molecular formula is C22H36IN5O3. The fraction of sp³-hybridized carbons (Fsp3) is 0.636. The maximum Gasteiger partial charge on any atom is 0.244 e. The minimum absolute atomic E-state index is 0. The minimum Gasteiger partial charge on any atom is -0.396 e. The van der Waals surface area contributed by atoms with Crippen LogP contribution in [0, 0.1) is 5.41 Å². The van der Waals surface area contributed by atoms with Crippen molar-refractivity contribution in [3.63, 3.8) is 0 Å². The zero-order valence-corrected chi connectivity index (χ0v) is 20.7. The number of rotatable bonds is 8. The number of guanidine groups is 1. The van der Waals surface area contributed by atoms with Gasteiger partial charge in [0.1, 0.15) is 6.54 Å². The number of hydrogen-bond donors (Lipinski definition) is 3. The van der Waals surface area contributed by atoms with E-state index < -0.39 is 0 Å². The summed E-state index contributed by atoms with van der Waals surface area (Å²) in [5, 5.41) is 15.9. The molecule has 0 radical (unpaired) electrons. The maximum absolute atomic E-state index is 12.7. The van der Waals surface area contributed by atoms with Crippen LogP contribution in [-0.4, -0.2) is 87.5 Å². The molecule has 1 amide bonds. The summed E-state index contributed by atoms with van der Waals surface area (Å²) in [4.78, 5) is 21.4. The molecular weight excluding hydrogens is 509 g/mol. The third-order valence-electron chi connectivity index (χ3n) is 5.93. The van der Waals surface area contributed by atoms with E-state index in [1.165, 1.54) is 5.69 Å². The van der Waals surface area contributed by atoms with Gasteiger partial charge in [0.05, 0.1) is 6.61 Å². The Bertz CT molecular complexity index is 690. The number of aliphatic hydroxyl groups excluding tert-OH is 1. The molecule has 0 bridgehead atoms. The normalized spacial score (nSPS) is 21.5. The van der Waals surface area contributed by atoms with Gasteiger partial charge in [-0.2, -0.15) is 0 Å². The molecule has 31 heavy (non-hydrogen) atoms. The van der Waals surface area contributed by atoms with Crippen molar-refractivity contribution in [2.24, 2.45) is 10.4 Å². The summed E-state index contributed by atoms with van der Waals surface area (Å²) in [7, 11) is 0. The Labute approximate surface area is 202 Å². The lowest BCUT2D eigenvalue weighted by molar-refractivity contribution is -0.129. The second-order valence-corrected chi connectivity index (χ2v) is 8.03. The summed E-state index contributed by atoms with van der Waals surface area (Å²) in [6.07, 6.45) is 1.62. The summed E-state index contributed by atoms with van der Waals surface area (Å²) in [5.74, 6) is 0.687. The van der Waals surface area contributed by atoms with Crippen molar-refractivity contribution in [3.05, 3.63) is 30.3 Å². The second kappa shape index (κ2) is 13.1. The lowest BCUT2D eigenvalue weighted by Crippen LogP contribution is -2.50. The highest BCUT2D eigenvalue weighted by atomic mass is 127. The molecule has 174 valence electrons. The van der Waals surface area contributed by atoms with E-state index >= 15 is 0 Å². The molecule has 0 aromatic heterocycles.